The van der Waals surface area contributed by atoms with Crippen LogP contribution in [0.2, 0.25) is 0 Å². The number of benzene rings is 9. The molecule has 9 aromatic carbocycles. The zero-order chi connectivity index (χ0) is 41.7. The number of thioether (sulfide) groups is 1. The molecule has 2 atom stereocenters. The van der Waals surface area contributed by atoms with Crippen molar-refractivity contribution in [1.82, 2.24) is 9.97 Å². The lowest BCUT2D eigenvalue weighted by molar-refractivity contribution is 0.881. The first-order valence-electron chi connectivity index (χ1n) is 21.6. The Balaban J connectivity index is 0.960. The fraction of sp³-hybridized carbons (Fsp3) is 0.0333. The second-order valence-electron chi connectivity index (χ2n) is 16.4. The van der Waals surface area contributed by atoms with E-state index >= 15 is 0 Å². The molecule has 10 aromatic rings. The summed E-state index contributed by atoms with van der Waals surface area (Å²) < 4.78 is 0. The highest BCUT2D eigenvalue weighted by Gasteiger charge is 2.33. The normalized spacial score (nSPS) is 15.1. The zero-order valence-electron chi connectivity index (χ0n) is 34.4. The molecule has 2 nitrogen and oxygen atoms in total. The molecule has 0 saturated heterocycles. The SMILES string of the molecule is C1=CC2Sc3c(-c4ccc(-c5nc(-c6ccc(-c7ccc(-c8ccccc8)cc7)cc6)cc(-c6ccc(-c7cccc8ccccc78)cc6)n5)c5ccccc45)cccc3C2C=C1. The van der Waals surface area contributed by atoms with Crippen LogP contribution in [0, 0.1) is 0 Å². The van der Waals surface area contributed by atoms with Gasteiger partial charge < -0.3 is 0 Å². The summed E-state index contributed by atoms with van der Waals surface area (Å²) in [6.45, 7) is 0. The first kappa shape index (κ1) is 37.2. The number of allylic oxidation sites excluding steroid dienone is 3. The van der Waals surface area contributed by atoms with E-state index in [2.05, 4.69) is 231 Å². The molecular weight excluding hydrogens is 781 g/mol. The molecule has 2 heterocycles. The average molecular weight is 821 g/mol. The fourth-order valence-corrected chi connectivity index (χ4v) is 11.0. The molecule has 296 valence electrons. The molecule has 0 spiro atoms. The summed E-state index contributed by atoms with van der Waals surface area (Å²) in [4.78, 5) is 12.1. The summed E-state index contributed by atoms with van der Waals surface area (Å²) in [5.74, 6) is 1.11. The molecule has 63 heavy (non-hydrogen) atoms. The Morgan fingerprint density at radius 1 is 0.349 bits per heavy atom. The van der Waals surface area contributed by atoms with Crippen molar-refractivity contribution in [2.75, 3.05) is 0 Å². The lowest BCUT2D eigenvalue weighted by atomic mass is 9.89. The van der Waals surface area contributed by atoms with Gasteiger partial charge in [0.25, 0.3) is 0 Å². The van der Waals surface area contributed by atoms with E-state index in [1.54, 1.807) is 0 Å². The summed E-state index contributed by atoms with van der Waals surface area (Å²) >= 11 is 1.99. The van der Waals surface area contributed by atoms with Gasteiger partial charge >= 0.3 is 0 Å². The third-order valence-electron chi connectivity index (χ3n) is 12.7. The Hall–Kier alpha value is -7.59. The van der Waals surface area contributed by atoms with Gasteiger partial charge in [0, 0.05) is 32.8 Å². The zero-order valence-corrected chi connectivity index (χ0v) is 35.2. The monoisotopic (exact) mass is 820 g/mol. The number of aromatic nitrogens is 2. The number of rotatable bonds is 7. The maximum absolute atomic E-state index is 5.38. The van der Waals surface area contributed by atoms with Crippen molar-refractivity contribution in [3.05, 3.63) is 236 Å². The molecule has 2 aliphatic rings. The van der Waals surface area contributed by atoms with E-state index < -0.39 is 0 Å². The largest absolute Gasteiger partial charge is 0.228 e. The minimum absolute atomic E-state index is 0.408. The molecule has 1 aromatic heterocycles. The van der Waals surface area contributed by atoms with Gasteiger partial charge in [-0.25, -0.2) is 9.97 Å². The molecule has 0 N–H and O–H groups in total. The lowest BCUT2D eigenvalue weighted by Crippen LogP contribution is -2.06. The summed E-state index contributed by atoms with van der Waals surface area (Å²) in [6, 6.07) is 74.3. The third-order valence-corrected chi connectivity index (χ3v) is 14.1. The highest BCUT2D eigenvalue weighted by Crippen LogP contribution is 2.52. The van der Waals surface area contributed by atoms with Crippen molar-refractivity contribution in [1.29, 1.82) is 0 Å². The van der Waals surface area contributed by atoms with Gasteiger partial charge in [0.2, 0.25) is 0 Å². The van der Waals surface area contributed by atoms with Crippen LogP contribution < -0.4 is 0 Å². The van der Waals surface area contributed by atoms with Gasteiger partial charge in [0.05, 0.1) is 11.4 Å². The van der Waals surface area contributed by atoms with E-state index in [0.29, 0.717) is 17.0 Å². The fourth-order valence-electron chi connectivity index (χ4n) is 9.49. The maximum atomic E-state index is 5.38. The summed E-state index contributed by atoms with van der Waals surface area (Å²) in [6.07, 6.45) is 9.07. The van der Waals surface area contributed by atoms with E-state index in [4.69, 9.17) is 9.97 Å². The number of hydrogen-bond acceptors (Lipinski definition) is 3. The van der Waals surface area contributed by atoms with Crippen molar-refractivity contribution in [2.24, 2.45) is 0 Å². The number of fused-ring (bicyclic) bond motifs is 5. The molecule has 1 aliphatic carbocycles. The van der Waals surface area contributed by atoms with E-state index in [9.17, 15) is 0 Å². The Kier molecular flexibility index (Phi) is 9.27. The molecule has 0 amide bonds. The summed E-state index contributed by atoms with van der Waals surface area (Å²) in [7, 11) is 0. The first-order chi connectivity index (χ1) is 31.2. The van der Waals surface area contributed by atoms with Crippen LogP contribution in [0.3, 0.4) is 0 Å². The van der Waals surface area contributed by atoms with Crippen LogP contribution in [0.15, 0.2) is 235 Å². The predicted octanol–water partition coefficient (Wildman–Crippen LogP) is 16.1. The van der Waals surface area contributed by atoms with Crippen LogP contribution in [0.25, 0.3) is 100.0 Å². The van der Waals surface area contributed by atoms with Gasteiger partial charge in [-0.15, -0.1) is 11.8 Å². The van der Waals surface area contributed by atoms with Gasteiger partial charge in [-0.1, -0.05) is 218 Å². The maximum Gasteiger partial charge on any atom is 0.161 e. The van der Waals surface area contributed by atoms with Gasteiger partial charge in [0.1, 0.15) is 0 Å². The average Bonchev–Trinajstić information content (AvgIpc) is 3.75. The number of nitrogens with zero attached hydrogens (tertiary/aromatic N) is 2. The Labute approximate surface area is 372 Å². The van der Waals surface area contributed by atoms with Crippen LogP contribution in [-0.2, 0) is 0 Å². The van der Waals surface area contributed by atoms with Gasteiger partial charge in [0.15, 0.2) is 5.82 Å². The molecule has 3 heteroatoms. The van der Waals surface area contributed by atoms with Crippen molar-refractivity contribution in [3.63, 3.8) is 0 Å². The topological polar surface area (TPSA) is 25.8 Å². The third kappa shape index (κ3) is 6.79. The van der Waals surface area contributed by atoms with E-state index in [-0.39, 0.29) is 0 Å². The molecular formula is C60H40N2S. The highest BCUT2D eigenvalue weighted by atomic mass is 32.2. The highest BCUT2D eigenvalue weighted by molar-refractivity contribution is 8.00. The van der Waals surface area contributed by atoms with Crippen LogP contribution in [0.5, 0.6) is 0 Å². The Morgan fingerprint density at radius 2 is 0.857 bits per heavy atom. The molecule has 0 saturated carbocycles. The van der Waals surface area contributed by atoms with Crippen molar-refractivity contribution >= 4 is 33.3 Å². The molecule has 0 bridgehead atoms. The Morgan fingerprint density at radius 3 is 1.56 bits per heavy atom. The second kappa shape index (κ2) is 15.7. The number of hydrogen-bond donors (Lipinski definition) is 0. The minimum atomic E-state index is 0.408. The molecule has 12 rings (SSSR count). The van der Waals surface area contributed by atoms with Crippen molar-refractivity contribution < 1.29 is 0 Å². The van der Waals surface area contributed by atoms with E-state index in [1.807, 2.05) is 11.8 Å². The second-order valence-corrected chi connectivity index (χ2v) is 17.6. The van der Waals surface area contributed by atoms with Crippen LogP contribution >= 0.6 is 11.8 Å². The van der Waals surface area contributed by atoms with Crippen molar-refractivity contribution in [2.45, 2.75) is 16.1 Å². The minimum Gasteiger partial charge on any atom is -0.228 e. The Bertz CT molecular complexity index is 3400. The summed E-state index contributed by atoms with van der Waals surface area (Å²) in [5.41, 5.74) is 16.0. The van der Waals surface area contributed by atoms with Gasteiger partial charge in [-0.2, -0.15) is 0 Å². The predicted molar refractivity (Wildman–Crippen MR) is 266 cm³/mol. The molecule has 0 radical (unpaired) electrons. The molecule has 0 fully saturated rings. The van der Waals surface area contributed by atoms with Crippen LogP contribution in [0.4, 0.5) is 0 Å². The molecule has 1 aliphatic heterocycles. The standard InChI is InChI=1S/C60H40N2S/c1-2-12-39(13-3-1)40-24-26-41(27-25-40)42-28-32-45(33-29-42)56-38-57(46-34-30-44(31-35-46)48-20-10-15-43-14-4-5-16-47(43)48)62-60(61-56)55-37-36-51(49-17-6-7-18-50(49)55)53-21-11-22-54-52-19-8-9-23-58(52)63-59(53)54/h1-38,52,58H. The van der Waals surface area contributed by atoms with Crippen LogP contribution in [0.1, 0.15) is 11.5 Å². The van der Waals surface area contributed by atoms with E-state index in [0.717, 1.165) is 39.0 Å². The molecule has 2 unspecified atom stereocenters. The summed E-state index contributed by atoms with van der Waals surface area (Å²) in [5, 5.41) is 5.25. The lowest BCUT2D eigenvalue weighted by Gasteiger charge is -2.16. The quantitative estimate of drug-likeness (QED) is 0.160. The van der Waals surface area contributed by atoms with Gasteiger partial charge in [-0.05, 0) is 83.7 Å². The smallest absolute Gasteiger partial charge is 0.161 e. The van der Waals surface area contributed by atoms with Crippen molar-refractivity contribution in [3.8, 4) is 78.4 Å². The first-order valence-corrected chi connectivity index (χ1v) is 22.5. The van der Waals surface area contributed by atoms with Gasteiger partial charge in [-0.3, -0.25) is 0 Å². The van der Waals surface area contributed by atoms with Crippen LogP contribution in [-0.4, -0.2) is 15.2 Å². The van der Waals surface area contributed by atoms with E-state index in [1.165, 1.54) is 65.6 Å².